The summed E-state index contributed by atoms with van der Waals surface area (Å²) >= 11 is 0. The molecule has 2 aromatic rings. The predicted molar refractivity (Wildman–Crippen MR) is 81.4 cm³/mol. The van der Waals surface area contributed by atoms with Crippen LogP contribution in [0.4, 0.5) is 5.69 Å². The highest BCUT2D eigenvalue weighted by molar-refractivity contribution is 7.89. The Morgan fingerprint density at radius 1 is 1.22 bits per heavy atom. The van der Waals surface area contributed by atoms with Crippen molar-refractivity contribution >= 4 is 15.7 Å². The Balaban J connectivity index is 1.92. The van der Waals surface area contributed by atoms with Crippen molar-refractivity contribution in [3.63, 3.8) is 0 Å². The first kappa shape index (κ1) is 16.8. The number of hydrogen-bond donors (Lipinski definition) is 1. The first-order chi connectivity index (χ1) is 10.9. The SMILES string of the molecule is O=c1cccnn1CCCNS(=O)(=O)c1ccc([N+](=O)[O-])cc1. The lowest BCUT2D eigenvalue weighted by molar-refractivity contribution is -0.384. The number of aromatic nitrogens is 2. The number of non-ortho nitro benzene ring substituents is 1. The fourth-order valence-corrected chi connectivity index (χ4v) is 2.90. The highest BCUT2D eigenvalue weighted by Crippen LogP contribution is 2.15. The van der Waals surface area contributed by atoms with Gasteiger partial charge in [-0.05, 0) is 24.6 Å². The normalized spacial score (nSPS) is 11.3. The Labute approximate surface area is 131 Å². The van der Waals surface area contributed by atoms with Crippen molar-refractivity contribution in [2.24, 2.45) is 0 Å². The summed E-state index contributed by atoms with van der Waals surface area (Å²) in [5, 5.41) is 14.4. The van der Waals surface area contributed by atoms with Crippen LogP contribution in [0.2, 0.25) is 0 Å². The summed E-state index contributed by atoms with van der Waals surface area (Å²) in [5.41, 5.74) is -0.441. The third-order valence-corrected chi connectivity index (χ3v) is 4.46. The molecule has 0 aliphatic carbocycles. The molecule has 1 aromatic carbocycles. The van der Waals surface area contributed by atoms with E-state index in [1.807, 2.05) is 0 Å². The summed E-state index contributed by atoms with van der Waals surface area (Å²) in [6.07, 6.45) is 1.85. The second kappa shape index (κ2) is 7.11. The van der Waals surface area contributed by atoms with E-state index in [4.69, 9.17) is 0 Å². The Kier molecular flexibility index (Phi) is 5.19. The molecule has 0 spiro atoms. The quantitative estimate of drug-likeness (QED) is 0.446. The molecule has 10 heteroatoms. The highest BCUT2D eigenvalue weighted by atomic mass is 32.2. The molecule has 2 rings (SSSR count). The number of sulfonamides is 1. The summed E-state index contributed by atoms with van der Waals surface area (Å²) in [4.78, 5) is 21.3. The van der Waals surface area contributed by atoms with Crippen LogP contribution in [0.3, 0.4) is 0 Å². The second-order valence-electron chi connectivity index (χ2n) is 4.59. The summed E-state index contributed by atoms with van der Waals surface area (Å²) in [5.74, 6) is 0. The van der Waals surface area contributed by atoms with Crippen LogP contribution in [0.5, 0.6) is 0 Å². The lowest BCUT2D eigenvalue weighted by Gasteiger charge is -2.07. The number of aryl methyl sites for hydroxylation is 1. The Morgan fingerprint density at radius 2 is 1.91 bits per heavy atom. The van der Waals surface area contributed by atoms with Crippen molar-refractivity contribution in [1.82, 2.24) is 14.5 Å². The minimum Gasteiger partial charge on any atom is -0.268 e. The Morgan fingerprint density at radius 3 is 2.52 bits per heavy atom. The fraction of sp³-hybridized carbons (Fsp3) is 0.231. The standard InChI is InChI=1S/C13H14N4O5S/c18-13-3-1-8-14-16(13)10-2-9-15-23(21,22)12-6-4-11(5-7-12)17(19)20/h1,3-8,15H,2,9-10H2. The van der Waals surface area contributed by atoms with Crippen LogP contribution in [0, 0.1) is 10.1 Å². The Bertz CT molecular complexity index is 845. The van der Waals surface area contributed by atoms with Gasteiger partial charge in [0.2, 0.25) is 10.0 Å². The van der Waals surface area contributed by atoms with Gasteiger partial charge in [-0.15, -0.1) is 0 Å². The molecule has 0 radical (unpaired) electrons. The number of nitrogens with one attached hydrogen (secondary N) is 1. The molecule has 0 saturated carbocycles. The van der Waals surface area contributed by atoms with Crippen LogP contribution in [0.15, 0.2) is 52.3 Å². The van der Waals surface area contributed by atoms with E-state index < -0.39 is 14.9 Å². The number of nitro groups is 1. The molecule has 1 heterocycles. The van der Waals surface area contributed by atoms with Gasteiger partial charge in [0.1, 0.15) is 0 Å². The first-order valence-electron chi connectivity index (χ1n) is 6.66. The van der Waals surface area contributed by atoms with E-state index >= 15 is 0 Å². The second-order valence-corrected chi connectivity index (χ2v) is 6.35. The minimum atomic E-state index is -3.75. The molecule has 0 saturated heterocycles. The van der Waals surface area contributed by atoms with Gasteiger partial charge < -0.3 is 0 Å². The first-order valence-corrected chi connectivity index (χ1v) is 8.15. The van der Waals surface area contributed by atoms with Crippen molar-refractivity contribution in [3.8, 4) is 0 Å². The van der Waals surface area contributed by atoms with Crippen LogP contribution in [-0.4, -0.2) is 29.7 Å². The average molecular weight is 338 g/mol. The third-order valence-electron chi connectivity index (χ3n) is 2.98. The molecule has 0 bridgehead atoms. The van der Waals surface area contributed by atoms with E-state index in [9.17, 15) is 23.3 Å². The van der Waals surface area contributed by atoms with Gasteiger partial charge in [-0.3, -0.25) is 14.9 Å². The molecular weight excluding hydrogens is 324 g/mol. The molecule has 0 aliphatic rings. The molecule has 0 unspecified atom stereocenters. The van der Waals surface area contributed by atoms with E-state index in [0.717, 1.165) is 12.1 Å². The van der Waals surface area contributed by atoms with Gasteiger partial charge in [0, 0.05) is 37.5 Å². The van der Waals surface area contributed by atoms with E-state index in [-0.39, 0.29) is 29.2 Å². The smallest absolute Gasteiger partial charge is 0.268 e. The molecule has 9 nitrogen and oxygen atoms in total. The van der Waals surface area contributed by atoms with Crippen LogP contribution in [0.25, 0.3) is 0 Å². The number of benzene rings is 1. The fourth-order valence-electron chi connectivity index (χ4n) is 1.82. The van der Waals surface area contributed by atoms with Crippen LogP contribution >= 0.6 is 0 Å². The van der Waals surface area contributed by atoms with Gasteiger partial charge in [-0.2, -0.15) is 5.10 Å². The number of hydrogen-bond acceptors (Lipinski definition) is 6. The molecular formula is C13H14N4O5S. The van der Waals surface area contributed by atoms with Gasteiger partial charge in [-0.1, -0.05) is 0 Å². The van der Waals surface area contributed by atoms with E-state index in [1.165, 1.54) is 35.1 Å². The van der Waals surface area contributed by atoms with E-state index in [1.54, 1.807) is 0 Å². The Hall–Kier alpha value is -2.59. The van der Waals surface area contributed by atoms with Crippen molar-refractivity contribution in [2.75, 3.05) is 6.54 Å². The molecule has 0 atom stereocenters. The average Bonchev–Trinajstić information content (AvgIpc) is 2.53. The monoisotopic (exact) mass is 338 g/mol. The lowest BCUT2D eigenvalue weighted by Crippen LogP contribution is -2.27. The van der Waals surface area contributed by atoms with Crippen LogP contribution in [0.1, 0.15) is 6.42 Å². The zero-order valence-electron chi connectivity index (χ0n) is 12.0. The molecule has 1 N–H and O–H groups in total. The summed E-state index contributed by atoms with van der Waals surface area (Å²) in [6.45, 7) is 0.394. The van der Waals surface area contributed by atoms with Gasteiger partial charge in [0.25, 0.3) is 11.2 Å². The van der Waals surface area contributed by atoms with Gasteiger partial charge in [-0.25, -0.2) is 17.8 Å². The zero-order chi connectivity index (χ0) is 16.9. The maximum absolute atomic E-state index is 12.0. The van der Waals surface area contributed by atoms with E-state index in [0.29, 0.717) is 6.42 Å². The van der Waals surface area contributed by atoms with Crippen LogP contribution in [-0.2, 0) is 16.6 Å². The molecule has 0 amide bonds. The largest absolute Gasteiger partial charge is 0.269 e. The van der Waals surface area contributed by atoms with Crippen molar-refractivity contribution in [2.45, 2.75) is 17.9 Å². The summed E-state index contributed by atoms with van der Waals surface area (Å²) in [7, 11) is -3.75. The number of rotatable bonds is 7. The molecule has 122 valence electrons. The zero-order valence-corrected chi connectivity index (χ0v) is 12.8. The number of nitro benzene ring substituents is 1. The topological polar surface area (TPSA) is 124 Å². The van der Waals surface area contributed by atoms with Gasteiger partial charge >= 0.3 is 0 Å². The summed E-state index contributed by atoms with van der Waals surface area (Å²) < 4.78 is 27.7. The molecule has 0 fully saturated rings. The molecule has 1 aromatic heterocycles. The molecule has 0 aliphatic heterocycles. The maximum Gasteiger partial charge on any atom is 0.269 e. The summed E-state index contributed by atoms with van der Waals surface area (Å²) in [6, 6.07) is 7.49. The minimum absolute atomic E-state index is 0.0573. The predicted octanol–water partition coefficient (Wildman–Crippen LogP) is 0.520. The maximum atomic E-state index is 12.0. The van der Waals surface area contributed by atoms with Crippen LogP contribution < -0.4 is 10.3 Å². The third kappa shape index (κ3) is 4.44. The van der Waals surface area contributed by atoms with Crippen molar-refractivity contribution < 1.29 is 13.3 Å². The highest BCUT2D eigenvalue weighted by Gasteiger charge is 2.15. The van der Waals surface area contributed by atoms with Crippen molar-refractivity contribution in [1.29, 1.82) is 0 Å². The number of nitrogens with zero attached hydrogens (tertiary/aromatic N) is 3. The van der Waals surface area contributed by atoms with Gasteiger partial charge in [0.15, 0.2) is 0 Å². The lowest BCUT2D eigenvalue weighted by atomic mass is 10.3. The van der Waals surface area contributed by atoms with Gasteiger partial charge in [0.05, 0.1) is 9.82 Å². The molecule has 23 heavy (non-hydrogen) atoms. The van der Waals surface area contributed by atoms with Crippen molar-refractivity contribution in [3.05, 3.63) is 63.1 Å². The van der Waals surface area contributed by atoms with E-state index in [2.05, 4.69) is 9.82 Å².